The summed E-state index contributed by atoms with van der Waals surface area (Å²) >= 11 is 0. The van der Waals surface area contributed by atoms with E-state index in [1.807, 2.05) is 0 Å². The minimum absolute atomic E-state index is 0.0591. The van der Waals surface area contributed by atoms with Gasteiger partial charge in [-0.05, 0) is 37.1 Å². The van der Waals surface area contributed by atoms with E-state index in [-0.39, 0.29) is 29.5 Å². The fourth-order valence-electron chi connectivity index (χ4n) is 2.35. The summed E-state index contributed by atoms with van der Waals surface area (Å²) in [7, 11) is 0. The van der Waals surface area contributed by atoms with Gasteiger partial charge in [0.15, 0.2) is 0 Å². The first-order valence-electron chi connectivity index (χ1n) is 6.63. The zero-order chi connectivity index (χ0) is 13.9. The lowest BCUT2D eigenvalue weighted by molar-refractivity contribution is 0.0893. The topological polar surface area (TPSA) is 68.0 Å². The molecule has 1 aliphatic rings. The molecule has 1 aromatic carbocycles. The average Bonchev–Trinajstić information content (AvgIpc) is 3.10. The molecule has 0 saturated heterocycles. The molecule has 0 radical (unpaired) electrons. The number of nitrogens with zero attached hydrogens (tertiary/aromatic N) is 2. The second-order valence-corrected chi connectivity index (χ2v) is 4.88. The monoisotopic (exact) mass is 275 g/mol. The van der Waals surface area contributed by atoms with E-state index in [0.29, 0.717) is 5.56 Å². The van der Waals surface area contributed by atoms with Gasteiger partial charge in [0, 0.05) is 11.6 Å². The van der Waals surface area contributed by atoms with Crippen LogP contribution in [0.4, 0.5) is 4.39 Å². The van der Waals surface area contributed by atoms with E-state index in [1.54, 1.807) is 12.1 Å². The molecule has 0 atom stereocenters. The molecule has 104 valence electrons. The minimum Gasteiger partial charge on any atom is -0.345 e. The predicted molar refractivity (Wildman–Crippen MR) is 69.4 cm³/mol. The Kier molecular flexibility index (Phi) is 3.45. The third kappa shape index (κ3) is 2.68. The maximum atomic E-state index is 12.8. The molecule has 1 fully saturated rings. The third-order valence-corrected chi connectivity index (χ3v) is 3.41. The minimum atomic E-state index is -0.349. The maximum Gasteiger partial charge on any atom is 0.316 e. The smallest absolute Gasteiger partial charge is 0.316 e. The van der Waals surface area contributed by atoms with Gasteiger partial charge in [0.2, 0.25) is 5.82 Å². The number of benzene rings is 1. The average molecular weight is 275 g/mol. The molecule has 1 heterocycles. The summed E-state index contributed by atoms with van der Waals surface area (Å²) in [6.07, 6.45) is 4.25. The Balaban J connectivity index is 1.72. The van der Waals surface area contributed by atoms with Crippen LogP contribution in [0.5, 0.6) is 0 Å². The van der Waals surface area contributed by atoms with Crippen molar-refractivity contribution < 1.29 is 13.7 Å². The molecule has 5 nitrogen and oxygen atoms in total. The number of hydrogen-bond acceptors (Lipinski definition) is 4. The first kappa shape index (κ1) is 12.8. The van der Waals surface area contributed by atoms with Crippen LogP contribution in [0, 0.1) is 5.82 Å². The lowest BCUT2D eigenvalue weighted by atomic mass is 10.2. The van der Waals surface area contributed by atoms with Gasteiger partial charge in [0.1, 0.15) is 5.82 Å². The van der Waals surface area contributed by atoms with E-state index in [1.165, 1.54) is 12.1 Å². The second kappa shape index (κ2) is 5.40. The largest absolute Gasteiger partial charge is 0.345 e. The number of amides is 1. The highest BCUT2D eigenvalue weighted by Crippen LogP contribution is 2.19. The van der Waals surface area contributed by atoms with Crippen molar-refractivity contribution in [3.63, 3.8) is 0 Å². The number of rotatable bonds is 3. The van der Waals surface area contributed by atoms with Gasteiger partial charge in [-0.25, -0.2) is 4.39 Å². The lowest BCUT2D eigenvalue weighted by Crippen LogP contribution is -2.32. The summed E-state index contributed by atoms with van der Waals surface area (Å²) in [4.78, 5) is 16.0. The normalized spacial score (nSPS) is 15.4. The summed E-state index contributed by atoms with van der Waals surface area (Å²) in [5.74, 6) is -0.466. The van der Waals surface area contributed by atoms with Crippen LogP contribution in [-0.2, 0) is 0 Å². The van der Waals surface area contributed by atoms with Gasteiger partial charge in [0.25, 0.3) is 0 Å². The molecule has 0 unspecified atom stereocenters. The van der Waals surface area contributed by atoms with E-state index >= 15 is 0 Å². The van der Waals surface area contributed by atoms with Gasteiger partial charge < -0.3 is 9.84 Å². The molecule has 6 heteroatoms. The molecule has 0 bridgehead atoms. The molecule has 0 aliphatic heterocycles. The van der Waals surface area contributed by atoms with Crippen molar-refractivity contribution in [1.82, 2.24) is 15.5 Å². The molecule has 20 heavy (non-hydrogen) atoms. The fourth-order valence-corrected chi connectivity index (χ4v) is 2.35. The van der Waals surface area contributed by atoms with Crippen LogP contribution >= 0.6 is 0 Å². The molecular weight excluding hydrogens is 261 g/mol. The standard InChI is InChI=1S/C14H14FN3O2/c15-10-7-5-9(6-8-10)12-17-14(20-18-12)13(19)16-11-3-1-2-4-11/h5-8,11H,1-4H2,(H,16,19). The Hall–Kier alpha value is -2.24. The number of carbonyl (C=O) groups excluding carboxylic acids is 1. The molecule has 2 aromatic rings. The molecule has 1 saturated carbocycles. The SMILES string of the molecule is O=C(NC1CCCC1)c1nc(-c2ccc(F)cc2)no1. The van der Waals surface area contributed by atoms with Crippen molar-refractivity contribution in [1.29, 1.82) is 0 Å². The van der Waals surface area contributed by atoms with Crippen molar-refractivity contribution in [3.8, 4) is 11.4 Å². The zero-order valence-corrected chi connectivity index (χ0v) is 10.8. The van der Waals surface area contributed by atoms with Crippen molar-refractivity contribution >= 4 is 5.91 Å². The van der Waals surface area contributed by atoms with Gasteiger partial charge in [-0.1, -0.05) is 18.0 Å². The fraction of sp³-hybridized carbons (Fsp3) is 0.357. The Morgan fingerprint density at radius 1 is 1.25 bits per heavy atom. The Morgan fingerprint density at radius 2 is 1.95 bits per heavy atom. The van der Waals surface area contributed by atoms with Crippen LogP contribution in [0.25, 0.3) is 11.4 Å². The highest BCUT2D eigenvalue weighted by Gasteiger charge is 2.22. The summed E-state index contributed by atoms with van der Waals surface area (Å²) in [6, 6.07) is 5.90. The van der Waals surface area contributed by atoms with Gasteiger partial charge in [0.05, 0.1) is 0 Å². The number of carbonyl (C=O) groups is 1. The third-order valence-electron chi connectivity index (χ3n) is 3.41. The molecule has 1 aliphatic carbocycles. The number of nitrogens with one attached hydrogen (secondary N) is 1. The number of aromatic nitrogens is 2. The summed E-state index contributed by atoms with van der Waals surface area (Å²) in [5.41, 5.74) is 0.607. The Bertz CT molecular complexity index is 603. The lowest BCUT2D eigenvalue weighted by Gasteiger charge is -2.08. The van der Waals surface area contributed by atoms with Gasteiger partial charge >= 0.3 is 11.8 Å². The first-order valence-corrected chi connectivity index (χ1v) is 6.63. The van der Waals surface area contributed by atoms with E-state index in [4.69, 9.17) is 4.52 Å². The van der Waals surface area contributed by atoms with E-state index in [2.05, 4.69) is 15.5 Å². The first-order chi connectivity index (χ1) is 9.72. The van der Waals surface area contributed by atoms with E-state index < -0.39 is 0 Å². The molecule has 1 amide bonds. The predicted octanol–water partition coefficient (Wildman–Crippen LogP) is 2.55. The van der Waals surface area contributed by atoms with Crippen LogP contribution in [0.2, 0.25) is 0 Å². The van der Waals surface area contributed by atoms with Gasteiger partial charge in [-0.2, -0.15) is 4.98 Å². The highest BCUT2D eigenvalue weighted by molar-refractivity contribution is 5.90. The van der Waals surface area contributed by atoms with Crippen LogP contribution < -0.4 is 5.32 Å². The van der Waals surface area contributed by atoms with E-state index in [0.717, 1.165) is 25.7 Å². The molecule has 1 aromatic heterocycles. The summed E-state index contributed by atoms with van der Waals surface area (Å²) < 4.78 is 17.8. The van der Waals surface area contributed by atoms with Crippen molar-refractivity contribution in [2.24, 2.45) is 0 Å². The molecule has 1 N–H and O–H groups in total. The summed E-state index contributed by atoms with van der Waals surface area (Å²) in [5, 5.41) is 6.62. The van der Waals surface area contributed by atoms with Crippen molar-refractivity contribution in [2.45, 2.75) is 31.7 Å². The second-order valence-electron chi connectivity index (χ2n) is 4.88. The maximum absolute atomic E-state index is 12.8. The Morgan fingerprint density at radius 3 is 2.65 bits per heavy atom. The van der Waals surface area contributed by atoms with Crippen LogP contribution in [0.1, 0.15) is 36.4 Å². The van der Waals surface area contributed by atoms with Crippen molar-refractivity contribution in [2.75, 3.05) is 0 Å². The van der Waals surface area contributed by atoms with Crippen LogP contribution in [0.3, 0.4) is 0 Å². The van der Waals surface area contributed by atoms with Crippen LogP contribution in [-0.4, -0.2) is 22.1 Å². The van der Waals surface area contributed by atoms with E-state index in [9.17, 15) is 9.18 Å². The summed E-state index contributed by atoms with van der Waals surface area (Å²) in [6.45, 7) is 0. The highest BCUT2D eigenvalue weighted by atomic mass is 19.1. The quantitative estimate of drug-likeness (QED) is 0.934. The zero-order valence-electron chi connectivity index (χ0n) is 10.8. The number of halogens is 1. The molecule has 0 spiro atoms. The Labute approximate surface area is 115 Å². The molecular formula is C14H14FN3O2. The van der Waals surface area contributed by atoms with Gasteiger partial charge in [-0.15, -0.1) is 0 Å². The van der Waals surface area contributed by atoms with Gasteiger partial charge in [-0.3, -0.25) is 4.79 Å². The molecule has 3 rings (SSSR count). The van der Waals surface area contributed by atoms with Crippen LogP contribution in [0.15, 0.2) is 28.8 Å². The van der Waals surface area contributed by atoms with Crippen molar-refractivity contribution in [3.05, 3.63) is 36.0 Å². The number of hydrogen-bond donors (Lipinski definition) is 1.